The Hall–Kier alpha value is -1.78. The summed E-state index contributed by atoms with van der Waals surface area (Å²) in [5.74, 6) is 1.05. The number of nitrogens with zero attached hydrogens (tertiary/aromatic N) is 1. The molecular weight excluding hydrogens is 204 g/mol. The monoisotopic (exact) mass is 222 g/mol. The Morgan fingerprint density at radius 2 is 2.19 bits per heavy atom. The molecular formula is C11H18N4O. The molecule has 5 nitrogen and oxygen atoms in total. The van der Waals surface area contributed by atoms with Crippen molar-refractivity contribution in [2.75, 3.05) is 17.2 Å². The van der Waals surface area contributed by atoms with Crippen LogP contribution in [0.3, 0.4) is 0 Å². The Balaban J connectivity index is 2.63. The molecule has 1 amide bonds. The first-order valence-corrected chi connectivity index (χ1v) is 5.40. The summed E-state index contributed by atoms with van der Waals surface area (Å²) in [5.41, 5.74) is 5.16. The second kappa shape index (κ2) is 5.95. The molecule has 0 fully saturated rings. The van der Waals surface area contributed by atoms with E-state index in [4.69, 9.17) is 5.73 Å². The summed E-state index contributed by atoms with van der Waals surface area (Å²) in [5, 5.41) is 6.10. The largest absolute Gasteiger partial charge is 0.370 e. The van der Waals surface area contributed by atoms with Gasteiger partial charge in [-0.15, -0.1) is 0 Å². The Bertz CT molecular complexity index is 354. The maximum atomic E-state index is 10.9. The van der Waals surface area contributed by atoms with Crippen LogP contribution < -0.4 is 16.4 Å². The number of aromatic nitrogens is 1. The first kappa shape index (κ1) is 12.3. The molecule has 0 radical (unpaired) electrons. The van der Waals surface area contributed by atoms with Crippen LogP contribution in [0.5, 0.6) is 0 Å². The number of primary amides is 1. The van der Waals surface area contributed by atoms with Crippen LogP contribution in [0.25, 0.3) is 0 Å². The van der Waals surface area contributed by atoms with Gasteiger partial charge in [-0.05, 0) is 25.5 Å². The fourth-order valence-corrected chi connectivity index (χ4v) is 1.16. The van der Waals surface area contributed by atoms with Gasteiger partial charge in [0.1, 0.15) is 17.7 Å². The fraction of sp³-hybridized carbons (Fsp3) is 0.455. The third kappa shape index (κ3) is 3.76. The van der Waals surface area contributed by atoms with E-state index in [1.54, 1.807) is 13.0 Å². The number of anilines is 2. The molecule has 0 saturated heterocycles. The van der Waals surface area contributed by atoms with Crippen molar-refractivity contribution in [3.8, 4) is 0 Å². The highest BCUT2D eigenvalue weighted by molar-refractivity contribution is 5.82. The topological polar surface area (TPSA) is 80.0 Å². The van der Waals surface area contributed by atoms with Crippen molar-refractivity contribution in [1.82, 2.24) is 4.98 Å². The lowest BCUT2D eigenvalue weighted by Crippen LogP contribution is -2.32. The minimum Gasteiger partial charge on any atom is -0.370 e. The van der Waals surface area contributed by atoms with E-state index in [2.05, 4.69) is 22.5 Å². The van der Waals surface area contributed by atoms with Gasteiger partial charge in [0.15, 0.2) is 0 Å². The van der Waals surface area contributed by atoms with Gasteiger partial charge in [0.2, 0.25) is 5.91 Å². The van der Waals surface area contributed by atoms with Gasteiger partial charge in [0, 0.05) is 6.54 Å². The van der Waals surface area contributed by atoms with Crippen LogP contribution >= 0.6 is 0 Å². The minimum atomic E-state index is -0.422. The molecule has 0 aliphatic heterocycles. The highest BCUT2D eigenvalue weighted by Gasteiger charge is 2.08. The SMILES string of the molecule is CCCNc1cccc(NC(C)C(N)=O)n1. The summed E-state index contributed by atoms with van der Waals surface area (Å²) in [6, 6.07) is 5.14. The standard InChI is InChI=1S/C11H18N4O/c1-3-7-13-9-5-4-6-10(15-9)14-8(2)11(12)16/h4-6,8H,3,7H2,1-2H3,(H2,12,16)(H2,13,14,15). The van der Waals surface area contributed by atoms with E-state index in [9.17, 15) is 4.79 Å². The number of carbonyl (C=O) groups is 1. The number of hydrogen-bond acceptors (Lipinski definition) is 4. The normalized spacial score (nSPS) is 11.9. The van der Waals surface area contributed by atoms with Crippen LogP contribution in [-0.4, -0.2) is 23.5 Å². The summed E-state index contributed by atoms with van der Waals surface area (Å²) in [6.45, 7) is 4.67. The predicted octanol–water partition coefficient (Wildman–Crippen LogP) is 1.19. The molecule has 0 aliphatic rings. The Kier molecular flexibility index (Phi) is 4.57. The predicted molar refractivity (Wildman–Crippen MR) is 65.3 cm³/mol. The third-order valence-corrected chi connectivity index (χ3v) is 2.10. The lowest BCUT2D eigenvalue weighted by atomic mass is 10.3. The van der Waals surface area contributed by atoms with Gasteiger partial charge in [-0.25, -0.2) is 4.98 Å². The molecule has 0 spiro atoms. The van der Waals surface area contributed by atoms with E-state index in [0.29, 0.717) is 5.82 Å². The number of nitrogens with two attached hydrogens (primary N) is 1. The van der Waals surface area contributed by atoms with Crippen LogP contribution in [0.1, 0.15) is 20.3 Å². The second-order valence-corrected chi connectivity index (χ2v) is 3.60. The van der Waals surface area contributed by atoms with Gasteiger partial charge in [-0.3, -0.25) is 4.79 Å². The second-order valence-electron chi connectivity index (χ2n) is 3.60. The highest BCUT2D eigenvalue weighted by atomic mass is 16.1. The summed E-state index contributed by atoms with van der Waals surface area (Å²) < 4.78 is 0. The van der Waals surface area contributed by atoms with Gasteiger partial charge in [-0.2, -0.15) is 0 Å². The summed E-state index contributed by atoms with van der Waals surface area (Å²) in [7, 11) is 0. The van der Waals surface area contributed by atoms with E-state index in [0.717, 1.165) is 18.8 Å². The molecule has 1 heterocycles. The molecule has 1 aromatic heterocycles. The van der Waals surface area contributed by atoms with E-state index < -0.39 is 11.9 Å². The van der Waals surface area contributed by atoms with Gasteiger partial charge in [-0.1, -0.05) is 13.0 Å². The summed E-state index contributed by atoms with van der Waals surface area (Å²) in [4.78, 5) is 15.2. The smallest absolute Gasteiger partial charge is 0.239 e. The maximum Gasteiger partial charge on any atom is 0.239 e. The zero-order valence-electron chi connectivity index (χ0n) is 9.66. The first-order valence-electron chi connectivity index (χ1n) is 5.40. The highest BCUT2D eigenvalue weighted by Crippen LogP contribution is 2.10. The lowest BCUT2D eigenvalue weighted by Gasteiger charge is -2.12. The number of rotatable bonds is 6. The maximum absolute atomic E-state index is 10.9. The van der Waals surface area contributed by atoms with Crippen molar-refractivity contribution in [1.29, 1.82) is 0 Å². The number of pyridine rings is 1. The molecule has 88 valence electrons. The quantitative estimate of drug-likeness (QED) is 0.675. The molecule has 0 aliphatic carbocycles. The van der Waals surface area contributed by atoms with Crippen molar-refractivity contribution >= 4 is 17.5 Å². The molecule has 1 atom stereocenters. The van der Waals surface area contributed by atoms with E-state index in [1.807, 2.05) is 12.1 Å². The summed E-state index contributed by atoms with van der Waals surface area (Å²) >= 11 is 0. The fourth-order valence-electron chi connectivity index (χ4n) is 1.16. The van der Waals surface area contributed by atoms with Crippen molar-refractivity contribution in [2.45, 2.75) is 26.3 Å². The lowest BCUT2D eigenvalue weighted by molar-refractivity contribution is -0.118. The van der Waals surface area contributed by atoms with Crippen molar-refractivity contribution < 1.29 is 4.79 Å². The van der Waals surface area contributed by atoms with Gasteiger partial charge < -0.3 is 16.4 Å². The number of amides is 1. The molecule has 5 heteroatoms. The Morgan fingerprint density at radius 3 is 2.81 bits per heavy atom. The zero-order valence-corrected chi connectivity index (χ0v) is 9.66. The molecule has 0 aromatic carbocycles. The van der Waals surface area contributed by atoms with E-state index in [-0.39, 0.29) is 0 Å². The molecule has 1 rings (SSSR count). The molecule has 16 heavy (non-hydrogen) atoms. The van der Waals surface area contributed by atoms with Crippen LogP contribution in [-0.2, 0) is 4.79 Å². The molecule has 4 N–H and O–H groups in total. The minimum absolute atomic E-state index is 0.395. The number of nitrogens with one attached hydrogen (secondary N) is 2. The number of carbonyl (C=O) groups excluding carboxylic acids is 1. The van der Waals surface area contributed by atoms with Crippen LogP contribution in [0.15, 0.2) is 18.2 Å². The van der Waals surface area contributed by atoms with Crippen LogP contribution in [0.4, 0.5) is 11.6 Å². The Morgan fingerprint density at radius 1 is 1.50 bits per heavy atom. The average Bonchev–Trinajstić information content (AvgIpc) is 2.26. The van der Waals surface area contributed by atoms with E-state index in [1.165, 1.54) is 0 Å². The number of hydrogen-bond donors (Lipinski definition) is 3. The van der Waals surface area contributed by atoms with Crippen LogP contribution in [0, 0.1) is 0 Å². The van der Waals surface area contributed by atoms with Crippen LogP contribution in [0.2, 0.25) is 0 Å². The first-order chi connectivity index (χ1) is 7.63. The van der Waals surface area contributed by atoms with Gasteiger partial charge in [0.05, 0.1) is 0 Å². The molecule has 0 saturated carbocycles. The van der Waals surface area contributed by atoms with Crippen molar-refractivity contribution in [2.24, 2.45) is 5.73 Å². The molecule has 1 unspecified atom stereocenters. The van der Waals surface area contributed by atoms with E-state index >= 15 is 0 Å². The zero-order chi connectivity index (χ0) is 12.0. The molecule has 0 bridgehead atoms. The van der Waals surface area contributed by atoms with Crippen molar-refractivity contribution in [3.05, 3.63) is 18.2 Å². The molecule has 1 aromatic rings. The third-order valence-electron chi connectivity index (χ3n) is 2.10. The van der Waals surface area contributed by atoms with Gasteiger partial charge in [0.25, 0.3) is 0 Å². The van der Waals surface area contributed by atoms with Crippen molar-refractivity contribution in [3.63, 3.8) is 0 Å². The average molecular weight is 222 g/mol. The summed E-state index contributed by atoms with van der Waals surface area (Å²) in [6.07, 6.45) is 1.04. The Labute approximate surface area is 95.4 Å². The van der Waals surface area contributed by atoms with Gasteiger partial charge >= 0.3 is 0 Å².